The Morgan fingerprint density at radius 2 is 1.86 bits per heavy atom. The van der Waals surface area contributed by atoms with Crippen molar-refractivity contribution in [2.24, 2.45) is 0 Å². The molecule has 0 spiro atoms. The van der Waals surface area contributed by atoms with Gasteiger partial charge >= 0.3 is 0 Å². The summed E-state index contributed by atoms with van der Waals surface area (Å²) in [6.07, 6.45) is 0. The fourth-order valence-corrected chi connectivity index (χ4v) is 3.14. The Balaban J connectivity index is 1.72. The lowest BCUT2D eigenvalue weighted by atomic mass is 10.1. The number of amides is 2. The van der Waals surface area contributed by atoms with Crippen LogP contribution in [0, 0.1) is 20.8 Å². The lowest BCUT2D eigenvalue weighted by Gasteiger charge is -2.15. The number of nitrogens with zero attached hydrogens (tertiary/aromatic N) is 4. The van der Waals surface area contributed by atoms with Crippen molar-refractivity contribution in [3.05, 3.63) is 70.0 Å². The summed E-state index contributed by atoms with van der Waals surface area (Å²) < 4.78 is 0. The van der Waals surface area contributed by atoms with Crippen molar-refractivity contribution in [3.63, 3.8) is 0 Å². The Bertz CT molecular complexity index is 1080. The van der Waals surface area contributed by atoms with E-state index >= 15 is 0 Å². The minimum Gasteiger partial charge on any atom is -0.331 e. The highest BCUT2D eigenvalue weighted by atomic mass is 35.5. The van der Waals surface area contributed by atoms with E-state index in [1.165, 1.54) is 9.70 Å². The van der Waals surface area contributed by atoms with E-state index in [4.69, 9.17) is 11.6 Å². The number of aryl methyl sites for hydroxylation is 3. The molecule has 0 aliphatic carbocycles. The number of carbonyl (C=O) groups excluding carboxylic acids is 2. The van der Waals surface area contributed by atoms with Gasteiger partial charge in [0, 0.05) is 17.8 Å². The molecule has 0 saturated heterocycles. The lowest BCUT2D eigenvalue weighted by molar-refractivity contribution is -0.116. The first-order valence-electron chi connectivity index (χ1n) is 9.07. The highest BCUT2D eigenvalue weighted by Crippen LogP contribution is 2.17. The third-order valence-corrected chi connectivity index (χ3v) is 4.62. The van der Waals surface area contributed by atoms with Gasteiger partial charge in [0.1, 0.15) is 0 Å². The van der Waals surface area contributed by atoms with Gasteiger partial charge in [0.15, 0.2) is 5.69 Å². The normalized spacial score (nSPS) is 10.7. The Labute approximate surface area is 174 Å². The zero-order valence-corrected chi connectivity index (χ0v) is 17.5. The number of anilines is 1. The molecule has 1 heterocycles. The number of carbonyl (C=O) groups is 2. The molecule has 0 bridgehead atoms. The summed E-state index contributed by atoms with van der Waals surface area (Å²) in [5, 5.41) is 12.0. The summed E-state index contributed by atoms with van der Waals surface area (Å²) in [5.74, 6) is -0.706. The van der Waals surface area contributed by atoms with Crippen LogP contribution in [0.5, 0.6) is 0 Å². The molecule has 0 saturated carbocycles. The molecule has 0 aliphatic rings. The maximum Gasteiger partial charge on any atom is 0.276 e. The molecule has 2 amide bonds. The second-order valence-electron chi connectivity index (χ2n) is 6.93. The molecule has 0 radical (unpaired) electrons. The van der Waals surface area contributed by atoms with Crippen LogP contribution in [0.25, 0.3) is 5.69 Å². The van der Waals surface area contributed by atoms with E-state index in [-0.39, 0.29) is 24.1 Å². The van der Waals surface area contributed by atoms with Crippen LogP contribution in [0.3, 0.4) is 0 Å². The highest BCUT2D eigenvalue weighted by Gasteiger charge is 2.22. The maximum atomic E-state index is 12.8. The van der Waals surface area contributed by atoms with E-state index in [0.29, 0.717) is 16.4 Å². The van der Waals surface area contributed by atoms with Crippen molar-refractivity contribution in [3.8, 4) is 5.69 Å². The minimum absolute atomic E-state index is 0.124. The molecule has 7 nitrogen and oxygen atoms in total. The van der Waals surface area contributed by atoms with Crippen molar-refractivity contribution in [1.82, 2.24) is 19.9 Å². The van der Waals surface area contributed by atoms with E-state index in [9.17, 15) is 9.59 Å². The second kappa shape index (κ2) is 8.45. The molecule has 29 heavy (non-hydrogen) atoms. The molecule has 0 aliphatic heterocycles. The quantitative estimate of drug-likeness (QED) is 0.696. The van der Waals surface area contributed by atoms with E-state index < -0.39 is 0 Å². The van der Waals surface area contributed by atoms with Crippen LogP contribution < -0.4 is 5.32 Å². The number of benzene rings is 2. The molecular weight excluding hydrogens is 390 g/mol. The van der Waals surface area contributed by atoms with Crippen LogP contribution in [-0.2, 0) is 4.79 Å². The Morgan fingerprint density at radius 3 is 2.55 bits per heavy atom. The number of hydrogen-bond acceptors (Lipinski definition) is 4. The first kappa shape index (κ1) is 20.5. The number of aromatic nitrogens is 3. The number of likely N-dealkylation sites (N-methyl/N-ethyl adjacent to an activating group) is 1. The molecular formula is C21H22ClN5O2. The maximum absolute atomic E-state index is 12.8. The molecule has 150 valence electrons. The summed E-state index contributed by atoms with van der Waals surface area (Å²) in [6, 6.07) is 12.7. The van der Waals surface area contributed by atoms with Crippen LogP contribution in [0.15, 0.2) is 42.5 Å². The fourth-order valence-electron chi connectivity index (χ4n) is 2.95. The summed E-state index contributed by atoms with van der Waals surface area (Å²) in [5.41, 5.74) is 4.23. The van der Waals surface area contributed by atoms with Crippen LogP contribution >= 0.6 is 11.6 Å². The van der Waals surface area contributed by atoms with Gasteiger partial charge in [-0.05, 0) is 50.6 Å². The van der Waals surface area contributed by atoms with Gasteiger partial charge in [0.05, 0.1) is 17.9 Å². The molecule has 8 heteroatoms. The van der Waals surface area contributed by atoms with E-state index in [1.807, 2.05) is 32.0 Å². The monoisotopic (exact) mass is 411 g/mol. The zero-order valence-electron chi connectivity index (χ0n) is 16.7. The van der Waals surface area contributed by atoms with E-state index in [1.54, 1.807) is 38.2 Å². The van der Waals surface area contributed by atoms with Crippen LogP contribution in [-0.4, -0.2) is 45.3 Å². The summed E-state index contributed by atoms with van der Waals surface area (Å²) in [4.78, 5) is 27.8. The number of halogens is 1. The zero-order chi connectivity index (χ0) is 21.1. The molecule has 0 unspecified atom stereocenters. The van der Waals surface area contributed by atoms with Gasteiger partial charge in [-0.1, -0.05) is 35.4 Å². The van der Waals surface area contributed by atoms with E-state index in [0.717, 1.165) is 16.8 Å². The van der Waals surface area contributed by atoms with Crippen LogP contribution in [0.2, 0.25) is 5.02 Å². The first-order chi connectivity index (χ1) is 13.7. The van der Waals surface area contributed by atoms with Crippen molar-refractivity contribution in [2.45, 2.75) is 20.8 Å². The van der Waals surface area contributed by atoms with Crippen molar-refractivity contribution in [2.75, 3.05) is 18.9 Å². The van der Waals surface area contributed by atoms with Crippen molar-refractivity contribution >= 4 is 29.1 Å². The summed E-state index contributed by atoms with van der Waals surface area (Å²) in [6.45, 7) is 5.58. The Kier molecular flexibility index (Phi) is 5.98. The number of hydrogen-bond donors (Lipinski definition) is 1. The van der Waals surface area contributed by atoms with Crippen molar-refractivity contribution in [1.29, 1.82) is 0 Å². The summed E-state index contributed by atoms with van der Waals surface area (Å²) >= 11 is 5.92. The highest BCUT2D eigenvalue weighted by molar-refractivity contribution is 6.30. The van der Waals surface area contributed by atoms with Gasteiger partial charge < -0.3 is 10.2 Å². The largest absolute Gasteiger partial charge is 0.331 e. The molecule has 0 fully saturated rings. The second-order valence-corrected chi connectivity index (χ2v) is 7.37. The van der Waals surface area contributed by atoms with Gasteiger partial charge in [-0.15, -0.1) is 5.10 Å². The Morgan fingerprint density at radius 1 is 1.10 bits per heavy atom. The molecule has 2 aromatic carbocycles. The average molecular weight is 412 g/mol. The standard InChI is InChI=1S/C21H22ClN5O2/c1-13-8-9-18(14(2)10-13)27-24-15(3)20(25-27)21(29)26(4)12-19(28)23-17-7-5-6-16(22)11-17/h5-11H,12H2,1-4H3,(H,23,28). The van der Waals surface area contributed by atoms with Crippen LogP contribution in [0.4, 0.5) is 5.69 Å². The number of nitrogens with one attached hydrogen (secondary N) is 1. The molecule has 0 atom stereocenters. The fraction of sp³-hybridized carbons (Fsp3) is 0.238. The Hall–Kier alpha value is -3.19. The lowest BCUT2D eigenvalue weighted by Crippen LogP contribution is -2.35. The molecule has 1 N–H and O–H groups in total. The van der Waals surface area contributed by atoms with Gasteiger partial charge in [0.2, 0.25) is 5.91 Å². The van der Waals surface area contributed by atoms with Gasteiger partial charge in [0.25, 0.3) is 5.91 Å². The van der Waals surface area contributed by atoms with Gasteiger partial charge in [-0.25, -0.2) is 0 Å². The predicted molar refractivity (Wildman–Crippen MR) is 113 cm³/mol. The SMILES string of the molecule is Cc1ccc(-n2nc(C)c(C(=O)N(C)CC(=O)Nc3cccc(Cl)c3)n2)c(C)c1. The van der Waals surface area contributed by atoms with Crippen molar-refractivity contribution < 1.29 is 9.59 Å². The average Bonchev–Trinajstić information content (AvgIpc) is 3.02. The smallest absolute Gasteiger partial charge is 0.276 e. The van der Waals surface area contributed by atoms with Gasteiger partial charge in [-0.3, -0.25) is 9.59 Å². The minimum atomic E-state index is -0.375. The molecule has 1 aromatic heterocycles. The predicted octanol–water partition coefficient (Wildman–Crippen LogP) is 3.56. The van der Waals surface area contributed by atoms with Gasteiger partial charge in [-0.2, -0.15) is 9.90 Å². The van der Waals surface area contributed by atoms with Crippen LogP contribution in [0.1, 0.15) is 27.3 Å². The first-order valence-corrected chi connectivity index (χ1v) is 9.45. The number of rotatable bonds is 5. The third-order valence-electron chi connectivity index (χ3n) is 4.39. The molecule has 3 aromatic rings. The molecule has 3 rings (SSSR count). The topological polar surface area (TPSA) is 80.1 Å². The summed E-state index contributed by atoms with van der Waals surface area (Å²) in [7, 11) is 1.55. The van der Waals surface area contributed by atoms with E-state index in [2.05, 4.69) is 15.5 Å². The third kappa shape index (κ3) is 4.81.